The third-order valence-corrected chi connectivity index (χ3v) is 12.2. The maximum absolute atomic E-state index is 13.8. The molecule has 3 amide bonds. The van der Waals surface area contributed by atoms with Gasteiger partial charge in [0.05, 0.1) is 45.2 Å². The summed E-state index contributed by atoms with van der Waals surface area (Å²) in [4.78, 5) is 56.6. The van der Waals surface area contributed by atoms with Crippen LogP contribution < -0.4 is 16.0 Å². The van der Waals surface area contributed by atoms with Crippen LogP contribution in [0.15, 0.2) is 126 Å². The topological polar surface area (TPSA) is 236 Å². The van der Waals surface area contributed by atoms with Crippen molar-refractivity contribution in [1.82, 2.24) is 16.0 Å². The van der Waals surface area contributed by atoms with Crippen molar-refractivity contribution >= 4 is 23.7 Å². The van der Waals surface area contributed by atoms with Crippen molar-refractivity contribution < 1.29 is 61.8 Å². The number of azide groups is 1. The van der Waals surface area contributed by atoms with E-state index in [0.717, 1.165) is 22.3 Å². The third kappa shape index (κ3) is 12.9. The lowest BCUT2D eigenvalue weighted by Gasteiger charge is -2.46. The van der Waals surface area contributed by atoms with Gasteiger partial charge >= 0.3 is 5.97 Å². The van der Waals surface area contributed by atoms with Gasteiger partial charge in [-0.1, -0.05) is 126 Å². The Morgan fingerprint density at radius 2 is 0.800 bits per heavy atom. The lowest BCUT2D eigenvalue weighted by Crippen LogP contribution is -2.68. The van der Waals surface area contributed by atoms with Gasteiger partial charge < -0.3 is 58.6 Å². The second kappa shape index (κ2) is 24.5. The Morgan fingerprint density at radius 3 is 1.13 bits per heavy atom. The molecule has 0 saturated carbocycles. The number of esters is 1. The lowest BCUT2D eigenvalue weighted by molar-refractivity contribution is -0.252. The van der Waals surface area contributed by atoms with Crippen molar-refractivity contribution in [2.45, 2.75) is 120 Å². The molecule has 0 aromatic heterocycles. The standard InChI is InChI=1S/C51H58N6O13/c1-31(2)66-51(61)47-43(65-30-35-21-13-6-14-22-35)38(70-47)25-55-49(59)45-41(63-28-33-17-9-4-10-18-33)36(68-45)23-53-48(58)44-40(62-27-32-15-7-3-8-16-32)37(67-44)24-54-50(60)46-42(39(69-46)26-56-57-52)64-29-34-19-11-5-12-20-34/h3-22,31,36-47H,23-30H2,1-2H3,(H,53,58)(H,54,60)(H,55,59)/t36-,37-,38-,39-,40-,41-,42-,43-,44-,45-,46-,47-/m0/s1. The number of nitrogens with one attached hydrogen (secondary N) is 3. The molecule has 4 saturated heterocycles. The maximum Gasteiger partial charge on any atom is 0.338 e. The SMILES string of the molecule is CC(C)OC(=O)[C@H]1O[C@@H](CNC(=O)[C@H]2O[C@@H](CNC(=O)[C@H]3O[C@@H](CNC(=O)[C@H]4O[C@@H](CN=[N+]=[N-])[C@@H]4OCc4ccccc4)[C@@H]3OCc3ccccc3)[C@@H]2OCc2ccccc2)[C@@H]1OCc1ccccc1. The Kier molecular flexibility index (Phi) is 17.6. The first-order valence-corrected chi connectivity index (χ1v) is 23.4. The van der Waals surface area contributed by atoms with Gasteiger partial charge in [0.15, 0.2) is 24.4 Å². The summed E-state index contributed by atoms with van der Waals surface area (Å²) in [6.07, 6.45) is -9.82. The molecule has 4 aliphatic rings. The smallest absolute Gasteiger partial charge is 0.338 e. The fourth-order valence-electron chi connectivity index (χ4n) is 8.42. The summed E-state index contributed by atoms with van der Waals surface area (Å²) in [6.45, 7) is 4.32. The minimum atomic E-state index is -1.04. The van der Waals surface area contributed by atoms with E-state index >= 15 is 0 Å². The second-order valence-electron chi connectivity index (χ2n) is 17.6. The van der Waals surface area contributed by atoms with Gasteiger partial charge in [0.25, 0.3) is 17.7 Å². The fourth-order valence-corrected chi connectivity index (χ4v) is 8.42. The van der Waals surface area contributed by atoms with Gasteiger partial charge in [-0.25, -0.2) is 4.79 Å². The van der Waals surface area contributed by atoms with Gasteiger partial charge in [0.1, 0.15) is 42.7 Å². The van der Waals surface area contributed by atoms with E-state index in [0.29, 0.717) is 0 Å². The minimum absolute atomic E-state index is 0.000754. The Bertz CT molecular complexity index is 2380. The van der Waals surface area contributed by atoms with Crippen LogP contribution in [0.3, 0.4) is 0 Å². The highest BCUT2D eigenvalue weighted by Gasteiger charge is 2.53. The van der Waals surface area contributed by atoms with E-state index < -0.39 is 96.9 Å². The van der Waals surface area contributed by atoms with Gasteiger partial charge in [-0.3, -0.25) is 14.4 Å². The zero-order valence-corrected chi connectivity index (χ0v) is 38.9. The number of amides is 3. The predicted molar refractivity (Wildman–Crippen MR) is 249 cm³/mol. The summed E-state index contributed by atoms with van der Waals surface area (Å²) in [6, 6.07) is 37.9. The summed E-state index contributed by atoms with van der Waals surface area (Å²) in [5, 5.41) is 12.2. The van der Waals surface area contributed by atoms with Crippen LogP contribution in [0, 0.1) is 0 Å². The number of hydrogen-bond acceptors (Lipinski definition) is 14. The molecule has 0 aliphatic carbocycles. The first kappa shape index (κ1) is 50.1. The molecule has 19 nitrogen and oxygen atoms in total. The van der Waals surface area contributed by atoms with Crippen LogP contribution in [-0.2, 0) is 88.2 Å². The number of ether oxygens (including phenoxy) is 9. The summed E-state index contributed by atoms with van der Waals surface area (Å²) in [7, 11) is 0. The second-order valence-corrected chi connectivity index (χ2v) is 17.6. The monoisotopic (exact) mass is 962 g/mol. The van der Waals surface area contributed by atoms with Crippen LogP contribution in [-0.4, -0.2) is 129 Å². The average Bonchev–Trinajstić information content (AvgIpc) is 3.34. The van der Waals surface area contributed by atoms with Gasteiger partial charge in [-0.2, -0.15) is 0 Å². The zero-order valence-electron chi connectivity index (χ0n) is 38.9. The Morgan fingerprint density at radius 1 is 0.500 bits per heavy atom. The molecule has 4 heterocycles. The summed E-state index contributed by atoms with van der Waals surface area (Å²) < 4.78 is 54.0. The summed E-state index contributed by atoms with van der Waals surface area (Å²) >= 11 is 0. The van der Waals surface area contributed by atoms with E-state index in [2.05, 4.69) is 26.0 Å². The molecular weight excluding hydrogens is 905 g/mol. The highest BCUT2D eigenvalue weighted by atomic mass is 16.6. The molecule has 70 heavy (non-hydrogen) atoms. The number of hydrogen-bond donors (Lipinski definition) is 3. The number of carbonyl (C=O) groups excluding carboxylic acids is 4. The van der Waals surface area contributed by atoms with E-state index in [1.54, 1.807) is 13.8 Å². The molecule has 0 bridgehead atoms. The normalized spacial score (nSPS) is 27.5. The van der Waals surface area contributed by atoms with Crippen LogP contribution in [0.4, 0.5) is 0 Å². The largest absolute Gasteiger partial charge is 0.461 e. The number of benzene rings is 4. The maximum atomic E-state index is 13.8. The van der Waals surface area contributed by atoms with E-state index in [4.69, 9.17) is 48.2 Å². The van der Waals surface area contributed by atoms with Crippen molar-refractivity contribution in [3.63, 3.8) is 0 Å². The van der Waals surface area contributed by atoms with Gasteiger partial charge in [-0.15, -0.1) is 0 Å². The van der Waals surface area contributed by atoms with Gasteiger partial charge in [0, 0.05) is 24.5 Å². The van der Waals surface area contributed by atoms with Crippen LogP contribution >= 0.6 is 0 Å². The lowest BCUT2D eigenvalue weighted by atomic mass is 9.96. The molecule has 0 spiro atoms. The number of carbonyl (C=O) groups is 4. The zero-order chi connectivity index (χ0) is 48.8. The molecule has 0 radical (unpaired) electrons. The van der Waals surface area contributed by atoms with Crippen molar-refractivity contribution in [1.29, 1.82) is 0 Å². The predicted octanol–water partition coefficient (Wildman–Crippen LogP) is 4.01. The van der Waals surface area contributed by atoms with E-state index in [9.17, 15) is 19.2 Å². The summed E-state index contributed by atoms with van der Waals surface area (Å²) in [5.41, 5.74) is 12.4. The van der Waals surface area contributed by atoms with Crippen LogP contribution in [0.2, 0.25) is 0 Å². The van der Waals surface area contributed by atoms with Crippen molar-refractivity contribution in [2.24, 2.45) is 5.11 Å². The van der Waals surface area contributed by atoms with E-state index in [1.165, 1.54) is 0 Å². The number of rotatable bonds is 25. The fraction of sp³-hybridized carbons (Fsp3) is 0.451. The third-order valence-electron chi connectivity index (χ3n) is 12.2. The van der Waals surface area contributed by atoms with Gasteiger partial charge in [-0.05, 0) is 41.6 Å². The summed E-state index contributed by atoms with van der Waals surface area (Å²) in [5.74, 6) is -1.94. The molecule has 4 fully saturated rings. The molecule has 4 aromatic carbocycles. The first-order valence-electron chi connectivity index (χ1n) is 23.4. The van der Waals surface area contributed by atoms with E-state index in [1.807, 2.05) is 121 Å². The molecule has 4 aliphatic heterocycles. The molecule has 3 N–H and O–H groups in total. The van der Waals surface area contributed by atoms with Crippen molar-refractivity contribution in [3.8, 4) is 0 Å². The Hall–Kier alpha value is -6.25. The average molecular weight is 963 g/mol. The van der Waals surface area contributed by atoms with E-state index in [-0.39, 0.29) is 58.7 Å². The van der Waals surface area contributed by atoms with Crippen molar-refractivity contribution in [3.05, 3.63) is 154 Å². The van der Waals surface area contributed by atoms with Crippen LogP contribution in [0.1, 0.15) is 36.1 Å². The first-order chi connectivity index (χ1) is 34.1. The minimum Gasteiger partial charge on any atom is -0.461 e. The molecule has 370 valence electrons. The van der Waals surface area contributed by atoms with Crippen molar-refractivity contribution in [2.75, 3.05) is 26.2 Å². The molecule has 0 unspecified atom stereocenters. The Labute approximate surface area is 405 Å². The Balaban J connectivity index is 0.859. The molecule has 12 atom stereocenters. The molecular formula is C51H58N6O13. The molecule has 19 heteroatoms. The molecule has 8 rings (SSSR count). The molecule has 4 aromatic rings. The highest BCUT2D eigenvalue weighted by Crippen LogP contribution is 2.32. The van der Waals surface area contributed by atoms with Gasteiger partial charge in [0.2, 0.25) is 0 Å². The quantitative estimate of drug-likeness (QED) is 0.0369. The highest BCUT2D eigenvalue weighted by molar-refractivity contribution is 5.84. The van der Waals surface area contributed by atoms with Crippen LogP contribution in [0.5, 0.6) is 0 Å². The number of nitrogens with zero attached hydrogens (tertiary/aromatic N) is 3. The van der Waals surface area contributed by atoms with Crippen LogP contribution in [0.25, 0.3) is 10.4 Å².